The Morgan fingerprint density at radius 2 is 0.547 bits per heavy atom. The molecule has 0 aliphatic carbocycles. The van der Waals surface area contributed by atoms with E-state index in [2.05, 4.69) is 453 Å². The van der Waals surface area contributed by atoms with Crippen LogP contribution in [0.25, 0.3) is 44.3 Å². The summed E-state index contributed by atoms with van der Waals surface area (Å²) in [4.78, 5) is 8.91. The SMILES string of the molecule is C#CCCO.Cl.Nc1cccc(Cn2c(-c3ccccc3Cl)cc3ccc(Br)cc32)n1.Nc1cccc(Cn2c(-c3ccccc3Cl)cc3ccc(C#CCCO)cc32)n1.[Pd].c1ccc(P(c2ccccc2)c2ccccc2)cc1.c1ccc(P(c2ccccc2)c2ccccc2)cc1.c1ccc(P(c2ccccc2)c2ccccc2)cc1.c1ccc(P(c2ccccc2)c2ccccc2)cc1. The van der Waals surface area contributed by atoms with Gasteiger partial charge in [0.15, 0.2) is 0 Å². The van der Waals surface area contributed by atoms with E-state index in [-0.39, 0.29) is 46.0 Å². The quantitative estimate of drug-likeness (QED) is 0.0342. The van der Waals surface area contributed by atoms with Crippen molar-refractivity contribution in [2.75, 3.05) is 24.7 Å². The second-order valence-corrected chi connectivity index (χ2v) is 41.2. The number of halogens is 4. The minimum absolute atomic E-state index is 0. The van der Waals surface area contributed by atoms with E-state index >= 15 is 0 Å². The van der Waals surface area contributed by atoms with Gasteiger partial charge in [0.2, 0.25) is 0 Å². The number of hydrogen-bond acceptors (Lipinski definition) is 6. The molecule has 4 aromatic heterocycles. The summed E-state index contributed by atoms with van der Waals surface area (Å²) in [6, 6.07) is 173. The van der Waals surface area contributed by atoms with Gasteiger partial charge in [0.1, 0.15) is 11.6 Å². The van der Waals surface area contributed by atoms with E-state index in [1.54, 1.807) is 12.1 Å². The van der Waals surface area contributed by atoms with Crippen molar-refractivity contribution < 1.29 is 30.6 Å². The third-order valence-corrected chi connectivity index (χ3v) is 32.2. The number of nitrogens with two attached hydrogens (primary N) is 2. The minimum Gasteiger partial charge on any atom is -0.395 e. The Labute approximate surface area is 848 Å². The van der Waals surface area contributed by atoms with E-state index in [1.165, 1.54) is 63.7 Å². The van der Waals surface area contributed by atoms with Crippen molar-refractivity contribution in [3.8, 4) is 46.7 Å². The number of fused-ring (bicyclic) bond motifs is 2. The summed E-state index contributed by atoms with van der Waals surface area (Å²) >= 11 is 16.5. The monoisotopic (exact) mass is 2070 g/mol. The largest absolute Gasteiger partial charge is 0.395 e. The third-order valence-electron chi connectivity index (χ3n) is 21.3. The van der Waals surface area contributed by atoms with Crippen LogP contribution in [0.3, 0.4) is 0 Å². The number of rotatable bonds is 20. The van der Waals surface area contributed by atoms with Gasteiger partial charge in [-0.05, 0) is 168 Å². The second kappa shape index (κ2) is 55.5. The molecule has 0 spiro atoms. The fourth-order valence-electron chi connectivity index (χ4n) is 15.2. The van der Waals surface area contributed by atoms with Crippen LogP contribution in [0, 0.1) is 24.2 Å². The normalized spacial score (nSPS) is 10.4. The Morgan fingerprint density at radius 3 is 0.788 bits per heavy atom. The Hall–Kier alpha value is -12.7. The number of hydrogen-bond donors (Lipinski definition) is 4. The number of aromatic nitrogens is 4. The molecule has 20 rings (SSSR count). The number of terminal acetylenes is 1. The molecule has 0 atom stereocenters. The van der Waals surface area contributed by atoms with Crippen molar-refractivity contribution in [1.82, 2.24) is 19.1 Å². The van der Waals surface area contributed by atoms with Gasteiger partial charge in [0.05, 0.1) is 54.6 Å². The van der Waals surface area contributed by atoms with Crippen LogP contribution < -0.4 is 75.1 Å². The van der Waals surface area contributed by atoms with Crippen LogP contribution in [0.1, 0.15) is 29.8 Å². The average molecular weight is 2080 g/mol. The Kier molecular flexibility index (Phi) is 41.8. The molecule has 0 saturated heterocycles. The van der Waals surface area contributed by atoms with Crippen LogP contribution in [0.4, 0.5) is 11.6 Å². The Balaban J connectivity index is 0.000000147. The first-order chi connectivity index (χ1) is 66.5. The number of pyridine rings is 2. The summed E-state index contributed by atoms with van der Waals surface area (Å²) in [5.41, 5.74) is 20.6. The zero-order valence-electron chi connectivity index (χ0n) is 75.1. The summed E-state index contributed by atoms with van der Waals surface area (Å²) in [5.74, 6) is 9.38. The predicted molar refractivity (Wildman–Crippen MR) is 595 cm³/mol. The average Bonchev–Trinajstić information content (AvgIpc) is 1.62. The molecule has 0 aliphatic rings. The van der Waals surface area contributed by atoms with Gasteiger partial charge in [0, 0.05) is 80.8 Å². The zero-order valence-corrected chi connectivity index (χ0v) is 84.2. The maximum atomic E-state index is 8.97. The molecule has 0 unspecified atom stereocenters. The van der Waals surface area contributed by atoms with Gasteiger partial charge in [-0.1, -0.05) is 476 Å². The summed E-state index contributed by atoms with van der Waals surface area (Å²) in [5, 5.41) is 37.3. The molecule has 0 saturated carbocycles. The first-order valence-electron chi connectivity index (χ1n) is 44.3. The van der Waals surface area contributed by atoms with Crippen LogP contribution in [0.5, 0.6) is 0 Å². The molecule has 0 bridgehead atoms. The summed E-state index contributed by atoms with van der Waals surface area (Å²) in [6.45, 7) is 1.34. The maximum absolute atomic E-state index is 8.97. The number of aliphatic hydroxyl groups is 2. The van der Waals surface area contributed by atoms with Crippen molar-refractivity contribution in [3.05, 3.63) is 529 Å². The standard InChI is InChI=1S/C24H20ClN3O.C20H15BrClN3.4C18H15P.C4H6O.ClH.Pd/c25-21-9-2-1-8-20(21)23-15-18-12-11-17(6-3-4-13-29)14-22(18)28(23)16-19-7-5-10-24(26)27-19;21-14-9-8-13-10-19(16-5-1-2-6-17(16)22)25(18(13)11-14)12-15-4-3-7-20(23)24-15;4*1-4-10-16(11-5-1)19(17-12-6-2-7-13-17)18-14-8-3-9-15-18;1-2-3-4-5;;/h1-2,5,7-12,14-15,29H,4,13,16H2,(H2,26,27);1-11H,12H2,(H2,23,24);4*1-15H;1,5H,3-4H2;1H;. The number of anilines is 2. The molecule has 6 N–H and O–H groups in total. The van der Waals surface area contributed by atoms with Gasteiger partial charge >= 0.3 is 0 Å². The number of nitrogens with zero attached hydrogens (tertiary/aromatic N) is 4. The Bertz CT molecular complexity index is 6270. The second-order valence-electron chi connectivity index (χ2n) is 30.6. The first-order valence-corrected chi connectivity index (χ1v) is 51.2. The van der Waals surface area contributed by atoms with Crippen molar-refractivity contribution in [2.24, 2.45) is 0 Å². The zero-order chi connectivity index (χ0) is 93.4. The molecule has 8 nitrogen and oxygen atoms in total. The molecule has 16 aromatic carbocycles. The molecule has 0 fully saturated rings. The van der Waals surface area contributed by atoms with E-state index in [0.717, 1.165) is 70.8 Å². The van der Waals surface area contributed by atoms with Gasteiger partial charge in [0.25, 0.3) is 0 Å². The van der Waals surface area contributed by atoms with Crippen LogP contribution in [0.15, 0.2) is 502 Å². The van der Waals surface area contributed by atoms with E-state index in [1.807, 2.05) is 84.9 Å². The maximum Gasteiger partial charge on any atom is 0.123 e. The molecule has 20 aromatic rings. The minimum atomic E-state index is -0.446. The molecular weight excluding hydrogens is 1970 g/mol. The van der Waals surface area contributed by atoms with E-state index < -0.39 is 31.7 Å². The van der Waals surface area contributed by atoms with Crippen LogP contribution in [-0.2, 0) is 33.5 Å². The molecule has 0 radical (unpaired) electrons. The molecule has 682 valence electrons. The van der Waals surface area contributed by atoms with Crippen LogP contribution in [-0.4, -0.2) is 42.5 Å². The fraction of sp³-hybridized carbons (Fsp3) is 0.0500. The van der Waals surface area contributed by atoms with E-state index in [4.69, 9.17) is 51.3 Å². The van der Waals surface area contributed by atoms with Crippen molar-refractivity contribution >= 4 is 180 Å². The van der Waals surface area contributed by atoms with Crippen molar-refractivity contribution in [1.29, 1.82) is 0 Å². The topological polar surface area (TPSA) is 128 Å². The van der Waals surface area contributed by atoms with E-state index in [9.17, 15) is 0 Å². The molecule has 0 amide bonds. The van der Waals surface area contributed by atoms with Gasteiger partial charge < -0.3 is 30.8 Å². The van der Waals surface area contributed by atoms with Gasteiger partial charge in [-0.15, -0.1) is 24.8 Å². The molecule has 4 heterocycles. The van der Waals surface area contributed by atoms with Crippen molar-refractivity contribution in [3.63, 3.8) is 0 Å². The first kappa shape index (κ1) is 103. The molecular formula is C120H102BrCl3N6O2P4Pd. The van der Waals surface area contributed by atoms with Gasteiger partial charge in [-0.25, -0.2) is 9.97 Å². The van der Waals surface area contributed by atoms with Gasteiger partial charge in [-0.2, -0.15) is 0 Å². The molecule has 137 heavy (non-hydrogen) atoms. The van der Waals surface area contributed by atoms with Crippen LogP contribution >= 0.6 is 83.2 Å². The molecule has 17 heteroatoms. The van der Waals surface area contributed by atoms with E-state index in [0.29, 0.717) is 42.6 Å². The summed E-state index contributed by atoms with van der Waals surface area (Å²) in [6.07, 6.45) is 5.66. The number of aliphatic hydroxyl groups excluding tert-OH is 2. The predicted octanol–water partition coefficient (Wildman–Crippen LogP) is 24.7. The third kappa shape index (κ3) is 29.9. The number of nitrogen functional groups attached to an aromatic ring is 2. The molecule has 0 aliphatic heterocycles. The Morgan fingerprint density at radius 1 is 0.299 bits per heavy atom. The van der Waals surface area contributed by atoms with Crippen molar-refractivity contribution in [2.45, 2.75) is 25.9 Å². The summed E-state index contributed by atoms with van der Waals surface area (Å²) in [7, 11) is -1.78. The van der Waals surface area contributed by atoms with Gasteiger partial charge in [-0.3, -0.25) is 0 Å². The van der Waals surface area contributed by atoms with Crippen LogP contribution in [0.2, 0.25) is 10.0 Å². The fourth-order valence-corrected chi connectivity index (χ4v) is 25.2. The smallest absolute Gasteiger partial charge is 0.123 e. The number of benzene rings is 16. The summed E-state index contributed by atoms with van der Waals surface area (Å²) < 4.78 is 5.45.